The highest BCUT2D eigenvalue weighted by Crippen LogP contribution is 2.30. The lowest BCUT2D eigenvalue weighted by molar-refractivity contribution is -0.137. The summed E-state index contributed by atoms with van der Waals surface area (Å²) in [5.41, 5.74) is -0.228. The van der Waals surface area contributed by atoms with Gasteiger partial charge in [0.25, 0.3) is 0 Å². The molecule has 0 fully saturated rings. The van der Waals surface area contributed by atoms with Crippen LogP contribution in [0.2, 0.25) is 0 Å². The number of alkyl halides is 3. The van der Waals surface area contributed by atoms with Gasteiger partial charge in [-0.3, -0.25) is 0 Å². The van der Waals surface area contributed by atoms with Crippen LogP contribution in [0.1, 0.15) is 29.9 Å². The summed E-state index contributed by atoms with van der Waals surface area (Å²) in [6.07, 6.45) is -3.83. The molecule has 0 aliphatic rings. The number of hydrogen-bond acceptors (Lipinski definition) is 2. The van der Waals surface area contributed by atoms with Crippen LogP contribution in [0.15, 0.2) is 24.3 Å². The van der Waals surface area contributed by atoms with E-state index in [0.29, 0.717) is 12.0 Å². The van der Waals surface area contributed by atoms with E-state index in [1.54, 1.807) is 0 Å². The molecule has 1 atom stereocenters. The fourth-order valence-corrected chi connectivity index (χ4v) is 1.42. The zero-order valence-electron chi connectivity index (χ0n) is 8.83. The zero-order valence-corrected chi connectivity index (χ0v) is 8.83. The molecule has 0 radical (unpaired) electrons. The van der Waals surface area contributed by atoms with Gasteiger partial charge in [0, 0.05) is 6.42 Å². The molecule has 0 N–H and O–H groups in total. The van der Waals surface area contributed by atoms with E-state index >= 15 is 0 Å². The van der Waals surface area contributed by atoms with Gasteiger partial charge in [0.15, 0.2) is 0 Å². The molecular formula is C12H9F3N2. The second-order valence-corrected chi connectivity index (χ2v) is 3.50. The summed E-state index contributed by atoms with van der Waals surface area (Å²) in [6, 6.07) is 8.36. The highest BCUT2D eigenvalue weighted by atomic mass is 19.4. The van der Waals surface area contributed by atoms with Crippen LogP contribution >= 0.6 is 0 Å². The molecule has 1 rings (SSSR count). The topological polar surface area (TPSA) is 47.6 Å². The van der Waals surface area contributed by atoms with Gasteiger partial charge in [-0.2, -0.15) is 23.7 Å². The Morgan fingerprint density at radius 2 is 1.71 bits per heavy atom. The molecule has 0 bridgehead atoms. The summed E-state index contributed by atoms with van der Waals surface area (Å²) in [5.74, 6) is -0.531. The van der Waals surface area contributed by atoms with Gasteiger partial charge in [-0.25, -0.2) is 0 Å². The lowest BCUT2D eigenvalue weighted by Crippen LogP contribution is -2.05. The molecule has 17 heavy (non-hydrogen) atoms. The molecule has 0 spiro atoms. The smallest absolute Gasteiger partial charge is 0.198 e. The molecule has 0 saturated carbocycles. The van der Waals surface area contributed by atoms with Crippen molar-refractivity contribution >= 4 is 0 Å². The van der Waals surface area contributed by atoms with Crippen LogP contribution in [0.25, 0.3) is 0 Å². The monoisotopic (exact) mass is 238 g/mol. The SMILES string of the molecule is N#CCCC(C#N)c1ccc(C(F)(F)F)cc1. The molecule has 0 aromatic heterocycles. The van der Waals surface area contributed by atoms with Crippen molar-refractivity contribution in [2.24, 2.45) is 0 Å². The predicted octanol–water partition coefficient (Wildman–Crippen LogP) is 3.62. The molecule has 0 aliphatic carbocycles. The summed E-state index contributed by atoms with van der Waals surface area (Å²) in [4.78, 5) is 0. The Bertz CT molecular complexity index is 449. The average Bonchev–Trinajstić information content (AvgIpc) is 2.29. The van der Waals surface area contributed by atoms with Crippen molar-refractivity contribution in [3.05, 3.63) is 35.4 Å². The number of benzene rings is 1. The lowest BCUT2D eigenvalue weighted by Gasteiger charge is -2.10. The normalized spacial score (nSPS) is 12.5. The number of halogens is 3. The minimum atomic E-state index is -4.37. The zero-order chi connectivity index (χ0) is 12.9. The minimum Gasteiger partial charge on any atom is -0.198 e. The molecule has 1 aromatic carbocycles. The predicted molar refractivity (Wildman–Crippen MR) is 54.6 cm³/mol. The second-order valence-electron chi connectivity index (χ2n) is 3.50. The molecule has 0 saturated heterocycles. The highest BCUT2D eigenvalue weighted by Gasteiger charge is 2.30. The highest BCUT2D eigenvalue weighted by molar-refractivity contribution is 5.30. The van der Waals surface area contributed by atoms with Gasteiger partial charge in [-0.1, -0.05) is 12.1 Å². The standard InChI is InChI=1S/C12H9F3N2/c13-12(14,15)11-5-3-9(4-6-11)10(8-17)2-1-7-16/h3-6,10H,1-2H2. The van der Waals surface area contributed by atoms with E-state index in [0.717, 1.165) is 12.1 Å². The number of nitrogens with zero attached hydrogens (tertiary/aromatic N) is 2. The fraction of sp³-hybridized carbons (Fsp3) is 0.333. The van der Waals surface area contributed by atoms with Crippen molar-refractivity contribution in [3.8, 4) is 12.1 Å². The minimum absolute atomic E-state index is 0.208. The number of hydrogen-bond donors (Lipinski definition) is 0. The van der Waals surface area contributed by atoms with Gasteiger partial charge in [0.1, 0.15) is 0 Å². The Kier molecular flexibility index (Phi) is 4.12. The molecule has 0 amide bonds. The van der Waals surface area contributed by atoms with Crippen LogP contribution in [0.5, 0.6) is 0 Å². The van der Waals surface area contributed by atoms with Gasteiger partial charge < -0.3 is 0 Å². The Labute approximate surface area is 96.9 Å². The first-order valence-electron chi connectivity index (χ1n) is 4.92. The van der Waals surface area contributed by atoms with Crippen LogP contribution in [-0.2, 0) is 6.18 Å². The van der Waals surface area contributed by atoms with E-state index in [1.807, 2.05) is 12.1 Å². The van der Waals surface area contributed by atoms with Crippen molar-refractivity contribution in [2.45, 2.75) is 24.9 Å². The van der Waals surface area contributed by atoms with Crippen LogP contribution in [0, 0.1) is 22.7 Å². The van der Waals surface area contributed by atoms with E-state index in [-0.39, 0.29) is 6.42 Å². The third-order valence-corrected chi connectivity index (χ3v) is 2.34. The van der Waals surface area contributed by atoms with Gasteiger partial charge >= 0.3 is 6.18 Å². The Morgan fingerprint density at radius 3 is 2.12 bits per heavy atom. The van der Waals surface area contributed by atoms with Crippen molar-refractivity contribution in [2.75, 3.05) is 0 Å². The van der Waals surface area contributed by atoms with E-state index < -0.39 is 17.7 Å². The average molecular weight is 238 g/mol. The summed E-state index contributed by atoms with van der Waals surface area (Å²) in [5, 5.41) is 17.3. The molecule has 0 aliphatic heterocycles. The summed E-state index contributed by atoms with van der Waals surface area (Å²) >= 11 is 0. The third kappa shape index (κ3) is 3.49. The summed E-state index contributed by atoms with van der Waals surface area (Å²) < 4.78 is 36.9. The van der Waals surface area contributed by atoms with Crippen LogP contribution in [0.4, 0.5) is 13.2 Å². The van der Waals surface area contributed by atoms with Crippen LogP contribution < -0.4 is 0 Å². The third-order valence-electron chi connectivity index (χ3n) is 2.34. The molecule has 88 valence electrons. The van der Waals surface area contributed by atoms with Gasteiger partial charge in [0.05, 0.1) is 23.6 Å². The molecule has 1 unspecified atom stereocenters. The summed E-state index contributed by atoms with van der Waals surface area (Å²) in [7, 11) is 0. The quantitative estimate of drug-likeness (QED) is 0.807. The molecule has 1 aromatic rings. The van der Waals surface area contributed by atoms with Gasteiger partial charge in [0.2, 0.25) is 0 Å². The van der Waals surface area contributed by atoms with Crippen molar-refractivity contribution in [1.29, 1.82) is 10.5 Å². The van der Waals surface area contributed by atoms with Crippen molar-refractivity contribution in [1.82, 2.24) is 0 Å². The Hall–Kier alpha value is -2.01. The first-order valence-corrected chi connectivity index (χ1v) is 4.92. The maximum Gasteiger partial charge on any atom is 0.416 e. The molecular weight excluding hydrogens is 229 g/mol. The fourth-order valence-electron chi connectivity index (χ4n) is 1.42. The largest absolute Gasteiger partial charge is 0.416 e. The molecule has 5 heteroatoms. The first-order chi connectivity index (χ1) is 7.99. The van der Waals surface area contributed by atoms with E-state index in [4.69, 9.17) is 10.5 Å². The van der Waals surface area contributed by atoms with Crippen LogP contribution in [0.3, 0.4) is 0 Å². The van der Waals surface area contributed by atoms with E-state index in [9.17, 15) is 13.2 Å². The lowest BCUT2D eigenvalue weighted by atomic mass is 9.95. The van der Waals surface area contributed by atoms with Crippen molar-refractivity contribution in [3.63, 3.8) is 0 Å². The van der Waals surface area contributed by atoms with Gasteiger partial charge in [-0.15, -0.1) is 0 Å². The Balaban J connectivity index is 2.87. The van der Waals surface area contributed by atoms with Gasteiger partial charge in [-0.05, 0) is 24.1 Å². The molecule has 0 heterocycles. The maximum absolute atomic E-state index is 12.3. The Morgan fingerprint density at radius 1 is 1.12 bits per heavy atom. The van der Waals surface area contributed by atoms with E-state index in [1.165, 1.54) is 12.1 Å². The maximum atomic E-state index is 12.3. The second kappa shape index (κ2) is 5.36. The number of rotatable bonds is 3. The summed E-state index contributed by atoms with van der Waals surface area (Å²) in [6.45, 7) is 0. The van der Waals surface area contributed by atoms with Crippen molar-refractivity contribution < 1.29 is 13.2 Å². The molecule has 2 nitrogen and oxygen atoms in total. The van der Waals surface area contributed by atoms with E-state index in [2.05, 4.69) is 0 Å². The van der Waals surface area contributed by atoms with Crippen LogP contribution in [-0.4, -0.2) is 0 Å². The number of nitriles is 2. The first kappa shape index (κ1) is 13.1.